The van der Waals surface area contributed by atoms with Crippen molar-refractivity contribution in [1.29, 1.82) is 0 Å². The standard InChI is InChI=1S/C53H93N7O13/c1-30(2)20-18-16-14-13-15-17-19-21-36-28-43(61)54-37(22-23-44(62)63)47(66)55-38(24-31(3)4)48(67)57-40(26-33(7)8)51(70)60-46(35(11)12)52(71)58-41(29-45(64)65)50(69)56-39(25-32(5)6)49(68)59-42(27-34(9)10)53(72)73-36/h30-42,46H,13-29H2,1-12H3,(H,54,61)(H,55,66)(H,56,69)(H,57,67)(H,58,71)(H,59,68)(H,60,70)(H,62,63)(H,64,65)/t36?,37-,38+,39-,40-,41+,42+,46+/m1/s1. The van der Waals surface area contributed by atoms with E-state index in [0.717, 1.165) is 44.9 Å². The van der Waals surface area contributed by atoms with Gasteiger partial charge in [0.15, 0.2) is 0 Å². The normalized spacial score (nSPS) is 24.0. The zero-order valence-corrected chi connectivity index (χ0v) is 46.0. The summed E-state index contributed by atoms with van der Waals surface area (Å²) in [5, 5.41) is 37.9. The molecule has 73 heavy (non-hydrogen) atoms. The Hall–Kier alpha value is -5.30. The van der Waals surface area contributed by atoms with Crippen molar-refractivity contribution in [2.24, 2.45) is 35.5 Å². The van der Waals surface area contributed by atoms with Crippen molar-refractivity contribution in [3.8, 4) is 0 Å². The van der Waals surface area contributed by atoms with E-state index in [2.05, 4.69) is 51.1 Å². The van der Waals surface area contributed by atoms with Crippen LogP contribution in [-0.2, 0) is 52.7 Å². The number of amides is 7. The second-order valence-corrected chi connectivity index (χ2v) is 22.4. The molecule has 20 heteroatoms. The lowest BCUT2D eigenvalue weighted by molar-refractivity contribution is -0.155. The van der Waals surface area contributed by atoms with E-state index in [-0.39, 0.29) is 62.2 Å². The zero-order chi connectivity index (χ0) is 55.5. The number of carboxylic acid groups (broad SMARTS) is 2. The predicted molar refractivity (Wildman–Crippen MR) is 276 cm³/mol. The minimum absolute atomic E-state index is 0.0393. The number of carbonyl (C=O) groups excluding carboxylic acids is 8. The van der Waals surface area contributed by atoms with Crippen molar-refractivity contribution in [1.82, 2.24) is 37.2 Å². The first-order valence-corrected chi connectivity index (χ1v) is 26.8. The molecule has 1 rings (SSSR count). The highest BCUT2D eigenvalue weighted by molar-refractivity contribution is 5.98. The Morgan fingerprint density at radius 3 is 1.29 bits per heavy atom. The van der Waals surface area contributed by atoms with E-state index in [0.29, 0.717) is 12.3 Å². The topological polar surface area (TPSA) is 305 Å². The molecule has 0 bridgehead atoms. The van der Waals surface area contributed by atoms with Gasteiger partial charge in [-0.15, -0.1) is 0 Å². The Kier molecular flexibility index (Phi) is 30.8. The van der Waals surface area contributed by atoms with Gasteiger partial charge in [-0.05, 0) is 80.5 Å². The van der Waals surface area contributed by atoms with Gasteiger partial charge in [-0.2, -0.15) is 0 Å². The number of hydrogen-bond acceptors (Lipinski definition) is 11. The number of ether oxygens (including phenoxy) is 1. The van der Waals surface area contributed by atoms with Gasteiger partial charge in [0.2, 0.25) is 41.4 Å². The molecular weight excluding hydrogens is 943 g/mol. The number of carboxylic acids is 2. The second-order valence-electron chi connectivity index (χ2n) is 22.4. The quantitative estimate of drug-likeness (QED) is 0.0453. The van der Waals surface area contributed by atoms with Crippen LogP contribution in [0.4, 0.5) is 0 Å². The highest BCUT2D eigenvalue weighted by atomic mass is 16.5. The molecule has 7 amide bonds. The van der Waals surface area contributed by atoms with Crippen LogP contribution in [0.25, 0.3) is 0 Å². The lowest BCUT2D eigenvalue weighted by Crippen LogP contribution is -2.61. The zero-order valence-electron chi connectivity index (χ0n) is 46.0. The number of carbonyl (C=O) groups is 10. The van der Waals surface area contributed by atoms with Crippen LogP contribution in [0.3, 0.4) is 0 Å². The van der Waals surface area contributed by atoms with Crippen LogP contribution in [0.15, 0.2) is 0 Å². The number of hydrogen-bond donors (Lipinski definition) is 9. The predicted octanol–water partition coefficient (Wildman–Crippen LogP) is 5.04. The summed E-state index contributed by atoms with van der Waals surface area (Å²) in [5.74, 6) is -10.1. The van der Waals surface area contributed by atoms with E-state index in [1.165, 1.54) is 0 Å². The van der Waals surface area contributed by atoms with Gasteiger partial charge in [-0.3, -0.25) is 43.2 Å². The second kappa shape index (κ2) is 34.2. The smallest absolute Gasteiger partial charge is 0.328 e. The lowest BCUT2D eigenvalue weighted by Gasteiger charge is -2.29. The van der Waals surface area contributed by atoms with Crippen LogP contribution in [0.2, 0.25) is 0 Å². The van der Waals surface area contributed by atoms with Gasteiger partial charge in [-0.1, -0.05) is 128 Å². The molecule has 0 aromatic heterocycles. The first-order valence-electron chi connectivity index (χ1n) is 26.8. The minimum atomic E-state index is -1.72. The van der Waals surface area contributed by atoms with Crippen molar-refractivity contribution in [2.75, 3.05) is 0 Å². The molecule has 0 saturated carbocycles. The van der Waals surface area contributed by atoms with Crippen LogP contribution in [0.1, 0.15) is 192 Å². The van der Waals surface area contributed by atoms with Crippen molar-refractivity contribution in [2.45, 2.75) is 241 Å². The molecule has 0 radical (unpaired) electrons. The average Bonchev–Trinajstić information content (AvgIpc) is 3.26. The SMILES string of the molecule is CC(C)CCCCCCCCCC1CC(=O)N[C@H](CCC(=O)O)C(=O)N[C@@H](CC(C)C)C(=O)N[C@H](CC(C)C)C(=O)N[C@@H](C(C)C)C(=O)N[C@@H](CC(=O)O)C(=O)N[C@H](CC(C)C)C(=O)N[C@@H](CC(C)C)C(=O)O1. The highest BCUT2D eigenvalue weighted by Gasteiger charge is 2.37. The maximum absolute atomic E-state index is 14.2. The third-order valence-corrected chi connectivity index (χ3v) is 12.4. The molecule has 418 valence electrons. The first-order chi connectivity index (χ1) is 34.1. The molecule has 20 nitrogen and oxygen atoms in total. The maximum Gasteiger partial charge on any atom is 0.328 e. The van der Waals surface area contributed by atoms with Crippen LogP contribution in [0.5, 0.6) is 0 Å². The molecule has 8 atom stereocenters. The molecular formula is C53H93N7O13. The van der Waals surface area contributed by atoms with E-state index in [1.807, 2.05) is 13.8 Å². The Labute approximate surface area is 434 Å². The van der Waals surface area contributed by atoms with Gasteiger partial charge in [0.25, 0.3) is 0 Å². The summed E-state index contributed by atoms with van der Waals surface area (Å²) in [5.41, 5.74) is 0. The van der Waals surface area contributed by atoms with Crippen molar-refractivity contribution >= 4 is 59.3 Å². The van der Waals surface area contributed by atoms with Crippen LogP contribution in [0, 0.1) is 35.5 Å². The third kappa shape index (κ3) is 28.1. The fourth-order valence-electron chi connectivity index (χ4n) is 8.57. The van der Waals surface area contributed by atoms with Gasteiger partial charge < -0.3 is 52.2 Å². The van der Waals surface area contributed by atoms with E-state index in [4.69, 9.17) is 4.74 Å². The van der Waals surface area contributed by atoms with Crippen LogP contribution >= 0.6 is 0 Å². The molecule has 1 saturated heterocycles. The summed E-state index contributed by atoms with van der Waals surface area (Å²) in [6.07, 6.45) is 5.02. The molecule has 1 aliphatic heterocycles. The van der Waals surface area contributed by atoms with Gasteiger partial charge in [0, 0.05) is 6.42 Å². The number of rotatable bonds is 24. The van der Waals surface area contributed by atoms with E-state index < -0.39 is 133 Å². The molecule has 0 aromatic carbocycles. The molecule has 0 aliphatic carbocycles. The van der Waals surface area contributed by atoms with Gasteiger partial charge in [0.05, 0.1) is 12.8 Å². The molecule has 0 aromatic rings. The Bertz CT molecular complexity index is 1800. The fourth-order valence-corrected chi connectivity index (χ4v) is 8.57. The first kappa shape index (κ1) is 65.7. The molecule has 1 aliphatic rings. The summed E-state index contributed by atoms with van der Waals surface area (Å²) in [6.45, 7) is 22.0. The minimum Gasteiger partial charge on any atom is -0.481 e. The Morgan fingerprint density at radius 1 is 0.452 bits per heavy atom. The van der Waals surface area contributed by atoms with Gasteiger partial charge >= 0.3 is 17.9 Å². The van der Waals surface area contributed by atoms with Crippen molar-refractivity contribution < 1.29 is 62.9 Å². The Morgan fingerprint density at radius 2 is 0.849 bits per heavy atom. The molecule has 1 fully saturated rings. The van der Waals surface area contributed by atoms with Gasteiger partial charge in [0.1, 0.15) is 48.4 Å². The number of nitrogens with one attached hydrogen (secondary N) is 7. The Balaban J connectivity index is 3.95. The van der Waals surface area contributed by atoms with Crippen LogP contribution < -0.4 is 37.2 Å². The van der Waals surface area contributed by atoms with Crippen molar-refractivity contribution in [3.63, 3.8) is 0 Å². The summed E-state index contributed by atoms with van der Waals surface area (Å²) in [6, 6.07) is -9.64. The summed E-state index contributed by atoms with van der Waals surface area (Å²) in [7, 11) is 0. The highest BCUT2D eigenvalue weighted by Crippen LogP contribution is 2.19. The number of aliphatic carboxylic acids is 2. The van der Waals surface area contributed by atoms with E-state index in [9.17, 15) is 58.2 Å². The molecule has 1 heterocycles. The number of esters is 1. The van der Waals surface area contributed by atoms with Crippen molar-refractivity contribution in [3.05, 3.63) is 0 Å². The number of unbranched alkanes of at least 4 members (excludes halogenated alkanes) is 6. The number of cyclic esters (lactones) is 1. The van der Waals surface area contributed by atoms with Gasteiger partial charge in [-0.25, -0.2) is 4.79 Å². The molecule has 0 spiro atoms. The van der Waals surface area contributed by atoms with E-state index in [1.54, 1.807) is 55.4 Å². The van der Waals surface area contributed by atoms with Crippen LogP contribution in [-0.4, -0.2) is 118 Å². The largest absolute Gasteiger partial charge is 0.481 e. The maximum atomic E-state index is 14.2. The molecule has 9 N–H and O–H groups in total. The monoisotopic (exact) mass is 1040 g/mol. The fraction of sp³-hybridized carbons (Fsp3) is 0.811. The average molecular weight is 1040 g/mol. The summed E-state index contributed by atoms with van der Waals surface area (Å²) < 4.78 is 6.04. The molecule has 1 unspecified atom stereocenters. The summed E-state index contributed by atoms with van der Waals surface area (Å²) in [4.78, 5) is 137. The third-order valence-electron chi connectivity index (χ3n) is 12.4. The summed E-state index contributed by atoms with van der Waals surface area (Å²) >= 11 is 0. The van der Waals surface area contributed by atoms with E-state index >= 15 is 0 Å². The lowest BCUT2D eigenvalue weighted by atomic mass is 9.98.